The average molecular weight is 320 g/mol. The molecule has 2 aromatic carbocycles. The number of benzene rings is 2. The van der Waals surface area contributed by atoms with Crippen molar-refractivity contribution in [1.82, 2.24) is 0 Å². The van der Waals surface area contributed by atoms with Gasteiger partial charge in [-0.15, -0.1) is 0 Å². The number of rotatable bonds is 1. The van der Waals surface area contributed by atoms with Crippen molar-refractivity contribution in [2.45, 2.75) is 24.4 Å². The molecule has 23 heavy (non-hydrogen) atoms. The van der Waals surface area contributed by atoms with E-state index in [1.807, 2.05) is 0 Å². The third-order valence-corrected chi connectivity index (χ3v) is 5.10. The van der Waals surface area contributed by atoms with Gasteiger partial charge in [0.1, 0.15) is 5.60 Å². The molecule has 5 heteroatoms. The predicted molar refractivity (Wildman–Crippen MR) is 76.2 cm³/mol. The highest BCUT2D eigenvalue weighted by molar-refractivity contribution is 5.66. The Morgan fingerprint density at radius 1 is 0.913 bits per heavy atom. The summed E-state index contributed by atoms with van der Waals surface area (Å²) >= 11 is 0. The van der Waals surface area contributed by atoms with Crippen LogP contribution in [0.4, 0.5) is 17.6 Å². The molecule has 118 valence electrons. The van der Waals surface area contributed by atoms with Crippen LogP contribution in [-0.2, 0) is 0 Å². The molecule has 2 aliphatic carbocycles. The van der Waals surface area contributed by atoms with E-state index >= 15 is 0 Å². The molecule has 0 fully saturated rings. The Bertz CT molecular complexity index is 825. The fraction of sp³-hybridized carbons (Fsp3) is 0.222. The average Bonchev–Trinajstić information content (AvgIpc) is 2.96. The van der Waals surface area contributed by atoms with Gasteiger partial charge in [0.25, 0.3) is 0 Å². The van der Waals surface area contributed by atoms with Crippen LogP contribution in [0, 0.1) is 23.3 Å². The Balaban J connectivity index is 2.16. The van der Waals surface area contributed by atoms with Crippen molar-refractivity contribution in [3.8, 4) is 0 Å². The van der Waals surface area contributed by atoms with Gasteiger partial charge in [0.15, 0.2) is 23.3 Å². The van der Waals surface area contributed by atoms with Crippen LogP contribution in [0.2, 0.25) is 0 Å². The lowest BCUT2D eigenvalue weighted by molar-refractivity contribution is 0.0689. The first-order valence-corrected chi connectivity index (χ1v) is 7.14. The predicted octanol–water partition coefficient (Wildman–Crippen LogP) is 4.14. The summed E-state index contributed by atoms with van der Waals surface area (Å²) in [6.45, 7) is 5.28. The molecule has 2 aliphatic rings. The topological polar surface area (TPSA) is 20.2 Å². The molecule has 1 nitrogen and oxygen atoms in total. The Morgan fingerprint density at radius 2 is 1.30 bits per heavy atom. The van der Waals surface area contributed by atoms with E-state index in [0.29, 0.717) is 16.7 Å². The van der Waals surface area contributed by atoms with Crippen molar-refractivity contribution in [2.24, 2.45) is 0 Å². The Kier molecular flexibility index (Phi) is 2.66. The first-order chi connectivity index (χ1) is 10.8. The first kappa shape index (κ1) is 14.5. The third kappa shape index (κ3) is 1.42. The van der Waals surface area contributed by atoms with E-state index in [4.69, 9.17) is 0 Å². The second kappa shape index (κ2) is 4.23. The zero-order valence-corrected chi connectivity index (χ0v) is 12.1. The van der Waals surface area contributed by atoms with Crippen molar-refractivity contribution >= 4 is 0 Å². The summed E-state index contributed by atoms with van der Waals surface area (Å²) in [4.78, 5) is 0. The van der Waals surface area contributed by atoms with E-state index in [9.17, 15) is 22.7 Å². The molecule has 1 N–H and O–H groups in total. The van der Waals surface area contributed by atoms with Crippen LogP contribution in [0.3, 0.4) is 0 Å². The second-order valence-electron chi connectivity index (χ2n) is 6.18. The zero-order chi connectivity index (χ0) is 16.7. The van der Waals surface area contributed by atoms with Gasteiger partial charge >= 0.3 is 0 Å². The van der Waals surface area contributed by atoms with E-state index in [-0.39, 0.29) is 11.1 Å². The summed E-state index contributed by atoms with van der Waals surface area (Å²) in [5.41, 5.74) is -0.862. The summed E-state index contributed by atoms with van der Waals surface area (Å²) in [5, 5.41) is 11.2. The van der Waals surface area contributed by atoms with E-state index in [1.165, 1.54) is 0 Å². The number of fused-ring (bicyclic) bond motifs is 8. The minimum atomic E-state index is -1.85. The molecule has 0 spiro atoms. The van der Waals surface area contributed by atoms with Crippen molar-refractivity contribution in [3.63, 3.8) is 0 Å². The van der Waals surface area contributed by atoms with Crippen molar-refractivity contribution in [2.75, 3.05) is 0 Å². The van der Waals surface area contributed by atoms with Crippen LogP contribution < -0.4 is 0 Å². The summed E-state index contributed by atoms with van der Waals surface area (Å²) in [7, 11) is 0. The Hall–Kier alpha value is -2.14. The highest BCUT2D eigenvalue weighted by atomic mass is 19.2. The summed E-state index contributed by atoms with van der Waals surface area (Å²) in [6.07, 6.45) is 0. The minimum Gasteiger partial charge on any atom is -0.384 e. The minimum absolute atomic E-state index is 0.291. The van der Waals surface area contributed by atoms with Crippen LogP contribution >= 0.6 is 0 Å². The largest absolute Gasteiger partial charge is 0.384 e. The standard InChI is InChI=1S/C18H12F4O/c1-7(2)18(23)12-8-5-3-4-6-9(8)13(18)11-10(12)14(19)16(21)17(22)15(11)20/h3-6,12-13,23H,1H2,2H3/t12-,13-/m0/s1. The van der Waals surface area contributed by atoms with E-state index in [1.54, 1.807) is 31.2 Å². The smallest absolute Gasteiger partial charge is 0.197 e. The molecule has 0 aromatic heterocycles. The fourth-order valence-corrected chi connectivity index (χ4v) is 4.15. The second-order valence-corrected chi connectivity index (χ2v) is 6.18. The monoisotopic (exact) mass is 320 g/mol. The lowest BCUT2D eigenvalue weighted by Gasteiger charge is -2.29. The van der Waals surface area contributed by atoms with E-state index in [2.05, 4.69) is 6.58 Å². The first-order valence-electron chi connectivity index (χ1n) is 7.14. The van der Waals surface area contributed by atoms with Gasteiger partial charge in [0.05, 0.1) is 0 Å². The van der Waals surface area contributed by atoms with Gasteiger partial charge in [-0.2, -0.15) is 0 Å². The third-order valence-electron chi connectivity index (χ3n) is 5.10. The van der Waals surface area contributed by atoms with Crippen LogP contribution in [0.15, 0.2) is 36.4 Å². The molecule has 0 aliphatic heterocycles. The van der Waals surface area contributed by atoms with Gasteiger partial charge in [0.2, 0.25) is 0 Å². The highest BCUT2D eigenvalue weighted by Gasteiger charge is 2.62. The van der Waals surface area contributed by atoms with Gasteiger partial charge in [-0.25, -0.2) is 17.6 Å². The summed E-state index contributed by atoms with van der Waals surface area (Å²) < 4.78 is 56.2. The van der Waals surface area contributed by atoms with Crippen LogP contribution in [-0.4, -0.2) is 10.7 Å². The summed E-state index contributed by atoms with van der Waals surface area (Å²) in [6, 6.07) is 6.75. The van der Waals surface area contributed by atoms with Gasteiger partial charge in [-0.1, -0.05) is 30.8 Å². The van der Waals surface area contributed by atoms with E-state index < -0.39 is 40.7 Å². The number of aliphatic hydroxyl groups is 1. The van der Waals surface area contributed by atoms with Crippen LogP contribution in [0.5, 0.6) is 0 Å². The number of hydrogen-bond acceptors (Lipinski definition) is 1. The maximum atomic E-state index is 14.4. The van der Waals surface area contributed by atoms with Crippen molar-refractivity contribution < 1.29 is 22.7 Å². The summed E-state index contributed by atoms with van der Waals surface area (Å²) in [5.74, 6) is -8.59. The lowest BCUT2D eigenvalue weighted by atomic mass is 9.81. The Morgan fingerprint density at radius 3 is 1.65 bits per heavy atom. The molecule has 0 unspecified atom stereocenters. The zero-order valence-electron chi connectivity index (χ0n) is 12.1. The quantitative estimate of drug-likeness (QED) is 0.362. The highest BCUT2D eigenvalue weighted by Crippen LogP contribution is 2.65. The molecule has 0 heterocycles. The van der Waals surface area contributed by atoms with Gasteiger partial charge in [0, 0.05) is 23.0 Å². The molecule has 0 saturated heterocycles. The van der Waals surface area contributed by atoms with Gasteiger partial charge in [-0.3, -0.25) is 0 Å². The number of hydrogen-bond donors (Lipinski definition) is 1. The van der Waals surface area contributed by atoms with Crippen LogP contribution in [0.1, 0.15) is 41.0 Å². The van der Waals surface area contributed by atoms with Crippen molar-refractivity contribution in [3.05, 3.63) is 81.9 Å². The van der Waals surface area contributed by atoms with Gasteiger partial charge < -0.3 is 5.11 Å². The van der Waals surface area contributed by atoms with Crippen molar-refractivity contribution in [1.29, 1.82) is 0 Å². The molecule has 0 radical (unpaired) electrons. The number of halogens is 4. The molecular formula is C18H12F4O. The Labute approximate surface area is 129 Å². The molecule has 0 amide bonds. The SMILES string of the molecule is C=C(C)C1(O)[C@H]2c3ccccc3[C@H]1c1c(F)c(F)c(F)c(F)c12. The lowest BCUT2D eigenvalue weighted by Crippen LogP contribution is -2.34. The fourth-order valence-electron chi connectivity index (χ4n) is 4.15. The molecule has 2 atom stereocenters. The maximum absolute atomic E-state index is 14.4. The maximum Gasteiger partial charge on any atom is 0.197 e. The molecule has 2 aromatic rings. The molecule has 2 bridgehead atoms. The molecular weight excluding hydrogens is 308 g/mol. The van der Waals surface area contributed by atoms with Crippen LogP contribution in [0.25, 0.3) is 0 Å². The normalized spacial score (nSPS) is 27.0. The molecule has 0 saturated carbocycles. The van der Waals surface area contributed by atoms with Gasteiger partial charge in [-0.05, 0) is 23.6 Å². The molecule has 4 rings (SSSR count). The van der Waals surface area contributed by atoms with E-state index in [0.717, 1.165) is 0 Å².